The summed E-state index contributed by atoms with van der Waals surface area (Å²) in [5.74, 6) is 0.706. The van der Waals surface area contributed by atoms with E-state index < -0.39 is 0 Å². The molecule has 2 fully saturated rings. The molecule has 1 heterocycles. The number of hydrogen-bond acceptors (Lipinski definition) is 3. The van der Waals surface area contributed by atoms with E-state index in [1.165, 1.54) is 12.8 Å². The first-order valence-corrected chi connectivity index (χ1v) is 6.31. The van der Waals surface area contributed by atoms with Gasteiger partial charge < -0.3 is 15.8 Å². The zero-order valence-electron chi connectivity index (χ0n) is 9.95. The Morgan fingerprint density at radius 2 is 2.25 bits per heavy atom. The van der Waals surface area contributed by atoms with Crippen LogP contribution in [0.3, 0.4) is 0 Å². The van der Waals surface area contributed by atoms with Crippen LogP contribution in [0.2, 0.25) is 0 Å². The number of hydrogen-bond donors (Lipinski definition) is 2. The van der Waals surface area contributed by atoms with E-state index in [0.717, 1.165) is 19.4 Å². The third kappa shape index (κ3) is 3.46. The van der Waals surface area contributed by atoms with Gasteiger partial charge in [0.05, 0.1) is 6.10 Å². The zero-order valence-corrected chi connectivity index (χ0v) is 9.95. The minimum atomic E-state index is 0.0669. The van der Waals surface area contributed by atoms with E-state index in [0.29, 0.717) is 12.3 Å². The lowest BCUT2D eigenvalue weighted by Crippen LogP contribution is -2.43. The predicted octanol–water partition coefficient (Wildman–Crippen LogP) is 0.797. The van der Waals surface area contributed by atoms with Gasteiger partial charge in [0, 0.05) is 25.1 Å². The van der Waals surface area contributed by atoms with E-state index in [1.807, 2.05) is 6.92 Å². The van der Waals surface area contributed by atoms with E-state index >= 15 is 0 Å². The summed E-state index contributed by atoms with van der Waals surface area (Å²) >= 11 is 0. The topological polar surface area (TPSA) is 64.4 Å². The molecule has 16 heavy (non-hydrogen) atoms. The van der Waals surface area contributed by atoms with Crippen molar-refractivity contribution in [3.63, 3.8) is 0 Å². The second-order valence-electron chi connectivity index (χ2n) is 5.18. The van der Waals surface area contributed by atoms with Crippen LogP contribution in [-0.4, -0.2) is 30.7 Å². The van der Waals surface area contributed by atoms with E-state index in [4.69, 9.17) is 10.5 Å². The van der Waals surface area contributed by atoms with Gasteiger partial charge in [0.1, 0.15) is 0 Å². The minimum absolute atomic E-state index is 0.0669. The monoisotopic (exact) mass is 226 g/mol. The van der Waals surface area contributed by atoms with Crippen LogP contribution >= 0.6 is 0 Å². The van der Waals surface area contributed by atoms with Crippen LogP contribution in [0.1, 0.15) is 39.0 Å². The summed E-state index contributed by atoms with van der Waals surface area (Å²) < 4.78 is 5.44. The molecule has 4 nitrogen and oxygen atoms in total. The summed E-state index contributed by atoms with van der Waals surface area (Å²) in [5, 5.41) is 3.06. The first-order valence-electron chi connectivity index (χ1n) is 6.31. The molecule has 0 aromatic heterocycles. The number of amides is 1. The van der Waals surface area contributed by atoms with E-state index in [9.17, 15) is 4.79 Å². The number of rotatable bonds is 4. The Hall–Kier alpha value is -0.610. The van der Waals surface area contributed by atoms with Crippen molar-refractivity contribution in [1.29, 1.82) is 0 Å². The molecule has 92 valence electrons. The maximum absolute atomic E-state index is 11.7. The molecule has 1 saturated heterocycles. The standard InChI is InChI=1S/C12H22N2O2/c1-8-6-10(4-5-16-8)14-12(15)7-11(13)9-2-3-9/h8-11H,2-7,13H2,1H3,(H,14,15). The van der Waals surface area contributed by atoms with Gasteiger partial charge in [0.15, 0.2) is 0 Å². The highest BCUT2D eigenvalue weighted by atomic mass is 16.5. The van der Waals surface area contributed by atoms with Gasteiger partial charge in [0.25, 0.3) is 0 Å². The summed E-state index contributed by atoms with van der Waals surface area (Å²) in [5.41, 5.74) is 5.93. The average molecular weight is 226 g/mol. The quantitative estimate of drug-likeness (QED) is 0.745. The van der Waals surface area contributed by atoms with E-state index in [-0.39, 0.29) is 24.1 Å². The Bertz CT molecular complexity index is 253. The SMILES string of the molecule is CC1CC(NC(=O)CC(N)C2CC2)CCO1. The molecular weight excluding hydrogens is 204 g/mol. The fourth-order valence-electron chi connectivity index (χ4n) is 2.32. The van der Waals surface area contributed by atoms with E-state index in [2.05, 4.69) is 5.32 Å². The third-order valence-electron chi connectivity index (χ3n) is 3.50. The molecule has 3 unspecified atom stereocenters. The zero-order chi connectivity index (χ0) is 11.5. The van der Waals surface area contributed by atoms with Gasteiger partial charge in [-0.15, -0.1) is 0 Å². The second kappa shape index (κ2) is 5.15. The van der Waals surface area contributed by atoms with Crippen molar-refractivity contribution in [3.05, 3.63) is 0 Å². The first kappa shape index (κ1) is 11.9. The van der Waals surface area contributed by atoms with Crippen molar-refractivity contribution in [2.45, 2.75) is 57.2 Å². The molecule has 0 bridgehead atoms. The van der Waals surface area contributed by atoms with Gasteiger partial charge in [-0.05, 0) is 38.5 Å². The minimum Gasteiger partial charge on any atom is -0.378 e. The Morgan fingerprint density at radius 3 is 2.88 bits per heavy atom. The fraction of sp³-hybridized carbons (Fsp3) is 0.917. The molecule has 2 aliphatic rings. The fourth-order valence-corrected chi connectivity index (χ4v) is 2.32. The van der Waals surface area contributed by atoms with Crippen LogP contribution in [0.15, 0.2) is 0 Å². The highest BCUT2D eigenvalue weighted by Crippen LogP contribution is 2.32. The highest BCUT2D eigenvalue weighted by Gasteiger charge is 2.30. The number of nitrogens with one attached hydrogen (secondary N) is 1. The molecule has 0 aromatic rings. The maximum Gasteiger partial charge on any atom is 0.221 e. The van der Waals surface area contributed by atoms with Crippen LogP contribution in [0.25, 0.3) is 0 Å². The van der Waals surface area contributed by atoms with Crippen molar-refractivity contribution in [3.8, 4) is 0 Å². The highest BCUT2D eigenvalue weighted by molar-refractivity contribution is 5.77. The molecule has 2 rings (SSSR count). The summed E-state index contributed by atoms with van der Waals surface area (Å²) in [6, 6.07) is 0.347. The van der Waals surface area contributed by atoms with Gasteiger partial charge in [-0.1, -0.05) is 0 Å². The lowest BCUT2D eigenvalue weighted by atomic mass is 10.0. The molecule has 1 saturated carbocycles. The van der Waals surface area contributed by atoms with Gasteiger partial charge in [-0.25, -0.2) is 0 Å². The van der Waals surface area contributed by atoms with Gasteiger partial charge >= 0.3 is 0 Å². The molecule has 3 N–H and O–H groups in total. The Balaban J connectivity index is 1.69. The van der Waals surface area contributed by atoms with Crippen molar-refractivity contribution in [1.82, 2.24) is 5.32 Å². The smallest absolute Gasteiger partial charge is 0.221 e. The Morgan fingerprint density at radius 1 is 1.50 bits per heavy atom. The lowest BCUT2D eigenvalue weighted by molar-refractivity contribution is -0.123. The van der Waals surface area contributed by atoms with Gasteiger partial charge in [-0.3, -0.25) is 4.79 Å². The third-order valence-corrected chi connectivity index (χ3v) is 3.50. The molecule has 0 radical (unpaired) electrons. The predicted molar refractivity (Wildman–Crippen MR) is 61.9 cm³/mol. The van der Waals surface area contributed by atoms with Crippen LogP contribution in [-0.2, 0) is 9.53 Å². The van der Waals surface area contributed by atoms with Crippen LogP contribution in [0, 0.1) is 5.92 Å². The molecular formula is C12H22N2O2. The molecule has 1 aliphatic carbocycles. The summed E-state index contributed by atoms with van der Waals surface area (Å²) in [6.45, 7) is 2.80. The maximum atomic E-state index is 11.7. The summed E-state index contributed by atoms with van der Waals surface area (Å²) in [4.78, 5) is 11.7. The Kier molecular flexibility index (Phi) is 3.82. The van der Waals surface area contributed by atoms with Gasteiger partial charge in [0.2, 0.25) is 5.91 Å². The van der Waals surface area contributed by atoms with Crippen molar-refractivity contribution in [2.24, 2.45) is 11.7 Å². The van der Waals surface area contributed by atoms with Gasteiger partial charge in [-0.2, -0.15) is 0 Å². The summed E-state index contributed by atoms with van der Waals surface area (Å²) in [6.07, 6.45) is 4.98. The van der Waals surface area contributed by atoms with Crippen LogP contribution in [0.4, 0.5) is 0 Å². The summed E-state index contributed by atoms with van der Waals surface area (Å²) in [7, 11) is 0. The number of nitrogens with two attached hydrogens (primary N) is 1. The molecule has 3 atom stereocenters. The normalized spacial score (nSPS) is 32.1. The van der Waals surface area contributed by atoms with Crippen LogP contribution < -0.4 is 11.1 Å². The number of carbonyl (C=O) groups is 1. The second-order valence-corrected chi connectivity index (χ2v) is 5.18. The van der Waals surface area contributed by atoms with Crippen molar-refractivity contribution >= 4 is 5.91 Å². The molecule has 0 spiro atoms. The van der Waals surface area contributed by atoms with Crippen molar-refractivity contribution < 1.29 is 9.53 Å². The largest absolute Gasteiger partial charge is 0.378 e. The molecule has 0 aromatic carbocycles. The molecule has 1 amide bonds. The Labute approximate surface area is 96.9 Å². The van der Waals surface area contributed by atoms with Crippen LogP contribution in [0.5, 0.6) is 0 Å². The number of ether oxygens (including phenoxy) is 1. The van der Waals surface area contributed by atoms with Crippen molar-refractivity contribution in [2.75, 3.05) is 6.61 Å². The first-order chi connectivity index (χ1) is 7.65. The molecule has 1 aliphatic heterocycles. The lowest BCUT2D eigenvalue weighted by Gasteiger charge is -2.28. The molecule has 4 heteroatoms. The van der Waals surface area contributed by atoms with E-state index in [1.54, 1.807) is 0 Å². The number of carbonyl (C=O) groups excluding carboxylic acids is 1. The average Bonchev–Trinajstić information content (AvgIpc) is 2.99.